The van der Waals surface area contributed by atoms with Crippen LogP contribution in [0.3, 0.4) is 0 Å². The van der Waals surface area contributed by atoms with Crippen LogP contribution in [0.5, 0.6) is 0 Å². The summed E-state index contributed by atoms with van der Waals surface area (Å²) in [5.41, 5.74) is 5.32. The molecule has 0 fully saturated rings. The number of carboxylic acid groups (broad SMARTS) is 1. The maximum atomic E-state index is 10.4. The van der Waals surface area contributed by atoms with Gasteiger partial charge in [-0.15, -0.1) is 11.8 Å². The molecule has 0 spiro atoms. The molecule has 0 aliphatic rings. The minimum atomic E-state index is -1.06. The van der Waals surface area contributed by atoms with Crippen LogP contribution in [0.15, 0.2) is 29.2 Å². The summed E-state index contributed by atoms with van der Waals surface area (Å²) in [5.74, 6) is -0.831. The van der Waals surface area contributed by atoms with Gasteiger partial charge in [0, 0.05) is 22.8 Å². The Bertz CT molecular complexity index is 393. The molecule has 86 valence electrons. The van der Waals surface area contributed by atoms with Crippen molar-refractivity contribution in [2.24, 2.45) is 5.73 Å². The third-order valence-corrected chi connectivity index (χ3v) is 2.93. The molecule has 16 heavy (non-hydrogen) atoms. The van der Waals surface area contributed by atoms with Crippen LogP contribution in [0, 0.1) is 10.1 Å². The predicted octanol–water partition coefficient (Wildman–Crippen LogP) is 1.10. The van der Waals surface area contributed by atoms with Crippen LogP contribution in [-0.2, 0) is 4.79 Å². The molecule has 0 saturated carbocycles. The lowest BCUT2D eigenvalue weighted by atomic mass is 10.3. The Hall–Kier alpha value is -1.60. The summed E-state index contributed by atoms with van der Waals surface area (Å²) in [6, 6.07) is 4.94. The van der Waals surface area contributed by atoms with Crippen molar-refractivity contribution in [3.8, 4) is 0 Å². The number of hydrogen-bond donors (Lipinski definition) is 2. The molecule has 1 rings (SSSR count). The molecule has 1 atom stereocenters. The lowest BCUT2D eigenvalue weighted by Gasteiger charge is -2.05. The van der Waals surface area contributed by atoms with Crippen LogP contribution >= 0.6 is 11.8 Å². The van der Waals surface area contributed by atoms with Crippen LogP contribution in [0.25, 0.3) is 0 Å². The number of nitro benzene ring substituents is 1. The van der Waals surface area contributed by atoms with Crippen molar-refractivity contribution in [3.05, 3.63) is 34.4 Å². The standard InChI is InChI=1S/C9H10N2O4S/c10-8(9(12)13)5-16-7-3-1-6(2-4-7)11(14)15/h1-4,8H,5,10H2,(H,12,13)/t8-/m1/s1. The van der Waals surface area contributed by atoms with Gasteiger partial charge >= 0.3 is 5.97 Å². The van der Waals surface area contributed by atoms with E-state index >= 15 is 0 Å². The molecule has 6 nitrogen and oxygen atoms in total. The second kappa shape index (κ2) is 5.47. The molecular formula is C9H10N2O4S. The number of rotatable bonds is 5. The molecule has 7 heteroatoms. The Morgan fingerprint density at radius 3 is 2.50 bits per heavy atom. The van der Waals surface area contributed by atoms with Gasteiger partial charge < -0.3 is 10.8 Å². The summed E-state index contributed by atoms with van der Waals surface area (Å²) in [4.78, 5) is 21.1. The highest BCUT2D eigenvalue weighted by atomic mass is 32.2. The van der Waals surface area contributed by atoms with E-state index in [4.69, 9.17) is 10.8 Å². The Morgan fingerprint density at radius 2 is 2.06 bits per heavy atom. The van der Waals surface area contributed by atoms with E-state index < -0.39 is 16.9 Å². The zero-order valence-corrected chi connectivity index (χ0v) is 9.02. The predicted molar refractivity (Wildman–Crippen MR) is 59.4 cm³/mol. The van der Waals surface area contributed by atoms with Gasteiger partial charge in [0.2, 0.25) is 0 Å². The van der Waals surface area contributed by atoms with Crippen LogP contribution in [0.2, 0.25) is 0 Å². The normalized spacial score (nSPS) is 12.1. The van der Waals surface area contributed by atoms with E-state index in [1.54, 1.807) is 12.1 Å². The maximum Gasteiger partial charge on any atom is 0.321 e. The number of nitrogens with zero attached hydrogens (tertiary/aromatic N) is 1. The summed E-state index contributed by atoms with van der Waals surface area (Å²) in [7, 11) is 0. The Morgan fingerprint density at radius 1 is 1.50 bits per heavy atom. The highest BCUT2D eigenvalue weighted by Crippen LogP contribution is 2.21. The van der Waals surface area contributed by atoms with Crippen molar-refractivity contribution in [1.29, 1.82) is 0 Å². The number of thioether (sulfide) groups is 1. The molecule has 0 radical (unpaired) electrons. The molecule has 1 aromatic rings. The molecule has 0 aromatic heterocycles. The number of carboxylic acids is 1. The Labute approximate surface area is 95.6 Å². The van der Waals surface area contributed by atoms with Crippen LogP contribution < -0.4 is 5.73 Å². The molecule has 0 aliphatic heterocycles. The van der Waals surface area contributed by atoms with Gasteiger partial charge in [0.1, 0.15) is 6.04 Å². The lowest BCUT2D eigenvalue weighted by molar-refractivity contribution is -0.384. The fourth-order valence-corrected chi connectivity index (χ4v) is 1.76. The van der Waals surface area contributed by atoms with Crippen LogP contribution in [-0.4, -0.2) is 27.8 Å². The second-order valence-corrected chi connectivity index (χ2v) is 4.10. The summed E-state index contributed by atoms with van der Waals surface area (Å²) in [6.45, 7) is 0. The van der Waals surface area contributed by atoms with Gasteiger partial charge in [-0.05, 0) is 12.1 Å². The lowest BCUT2D eigenvalue weighted by Crippen LogP contribution is -2.32. The van der Waals surface area contributed by atoms with Gasteiger partial charge in [0.25, 0.3) is 5.69 Å². The number of nitrogens with two attached hydrogens (primary N) is 1. The number of nitro groups is 1. The fraction of sp³-hybridized carbons (Fsp3) is 0.222. The first kappa shape index (κ1) is 12.5. The third kappa shape index (κ3) is 3.52. The molecule has 0 amide bonds. The SMILES string of the molecule is N[C@H](CSc1ccc([N+](=O)[O-])cc1)C(=O)O. The molecule has 0 bridgehead atoms. The van der Waals surface area contributed by atoms with Crippen molar-refractivity contribution in [1.82, 2.24) is 0 Å². The van der Waals surface area contributed by atoms with Gasteiger partial charge in [-0.2, -0.15) is 0 Å². The average Bonchev–Trinajstić information content (AvgIpc) is 2.26. The van der Waals surface area contributed by atoms with E-state index in [2.05, 4.69) is 0 Å². The minimum Gasteiger partial charge on any atom is -0.480 e. The highest BCUT2D eigenvalue weighted by Gasteiger charge is 2.12. The zero-order valence-electron chi connectivity index (χ0n) is 8.20. The summed E-state index contributed by atoms with van der Waals surface area (Å²) >= 11 is 1.25. The molecule has 0 unspecified atom stereocenters. The van der Waals surface area contributed by atoms with E-state index in [9.17, 15) is 14.9 Å². The first-order chi connectivity index (χ1) is 7.50. The first-order valence-corrected chi connectivity index (χ1v) is 5.35. The van der Waals surface area contributed by atoms with Crippen LogP contribution in [0.4, 0.5) is 5.69 Å². The molecular weight excluding hydrogens is 232 g/mol. The minimum absolute atomic E-state index is 0.00637. The Kier molecular flexibility index (Phi) is 4.27. The van der Waals surface area contributed by atoms with Gasteiger partial charge in [-0.3, -0.25) is 14.9 Å². The zero-order chi connectivity index (χ0) is 12.1. The largest absolute Gasteiger partial charge is 0.480 e. The van der Waals surface area contributed by atoms with E-state index in [-0.39, 0.29) is 11.4 Å². The van der Waals surface area contributed by atoms with E-state index in [0.29, 0.717) is 0 Å². The second-order valence-electron chi connectivity index (χ2n) is 3.01. The Balaban J connectivity index is 2.56. The maximum absolute atomic E-state index is 10.4. The third-order valence-electron chi connectivity index (χ3n) is 1.79. The van der Waals surface area contributed by atoms with E-state index in [1.165, 1.54) is 23.9 Å². The van der Waals surface area contributed by atoms with Crippen molar-refractivity contribution in [2.75, 3.05) is 5.75 Å². The van der Waals surface area contributed by atoms with Crippen LogP contribution in [0.1, 0.15) is 0 Å². The monoisotopic (exact) mass is 242 g/mol. The van der Waals surface area contributed by atoms with Gasteiger partial charge in [0.15, 0.2) is 0 Å². The summed E-state index contributed by atoms with van der Waals surface area (Å²) in [5, 5.41) is 18.9. The molecule has 0 heterocycles. The van der Waals surface area contributed by atoms with Crippen molar-refractivity contribution in [3.63, 3.8) is 0 Å². The number of benzene rings is 1. The smallest absolute Gasteiger partial charge is 0.321 e. The van der Waals surface area contributed by atoms with Gasteiger partial charge in [-0.1, -0.05) is 0 Å². The number of carbonyl (C=O) groups is 1. The van der Waals surface area contributed by atoms with Crippen molar-refractivity contribution in [2.45, 2.75) is 10.9 Å². The molecule has 0 saturated heterocycles. The van der Waals surface area contributed by atoms with Crippen molar-refractivity contribution >= 4 is 23.4 Å². The quantitative estimate of drug-likeness (QED) is 0.455. The highest BCUT2D eigenvalue weighted by molar-refractivity contribution is 7.99. The van der Waals surface area contributed by atoms with Gasteiger partial charge in [0.05, 0.1) is 4.92 Å². The first-order valence-electron chi connectivity index (χ1n) is 4.36. The van der Waals surface area contributed by atoms with E-state index in [0.717, 1.165) is 4.90 Å². The summed E-state index contributed by atoms with van der Waals surface area (Å²) in [6.07, 6.45) is 0. The average molecular weight is 242 g/mol. The molecule has 3 N–H and O–H groups in total. The van der Waals surface area contributed by atoms with E-state index in [1.807, 2.05) is 0 Å². The number of non-ortho nitro benzene ring substituents is 1. The molecule has 1 aromatic carbocycles. The summed E-state index contributed by atoms with van der Waals surface area (Å²) < 4.78 is 0. The van der Waals surface area contributed by atoms with Crippen molar-refractivity contribution < 1.29 is 14.8 Å². The topological polar surface area (TPSA) is 106 Å². The molecule has 0 aliphatic carbocycles. The van der Waals surface area contributed by atoms with Gasteiger partial charge in [-0.25, -0.2) is 0 Å². The number of aliphatic carboxylic acids is 1. The fourth-order valence-electron chi connectivity index (χ4n) is 0.921. The number of hydrogen-bond acceptors (Lipinski definition) is 5.